The summed E-state index contributed by atoms with van der Waals surface area (Å²) in [5.74, 6) is -0.730. The van der Waals surface area contributed by atoms with Crippen LogP contribution in [0.3, 0.4) is 0 Å². The van der Waals surface area contributed by atoms with Gasteiger partial charge in [0.05, 0.1) is 17.7 Å². The van der Waals surface area contributed by atoms with Crippen molar-refractivity contribution < 1.29 is 14.5 Å². The molecule has 80 valence electrons. The van der Waals surface area contributed by atoms with Gasteiger partial charge in [-0.3, -0.25) is 10.1 Å². The molecule has 0 saturated carbocycles. The number of methoxy groups -OCH3 is 1. The van der Waals surface area contributed by atoms with E-state index in [-0.39, 0.29) is 11.3 Å². The van der Waals surface area contributed by atoms with Crippen LogP contribution in [0.1, 0.15) is 10.4 Å². The van der Waals surface area contributed by atoms with Gasteiger partial charge in [0.25, 0.3) is 5.69 Å². The third-order valence-corrected chi connectivity index (χ3v) is 1.90. The molecule has 0 aliphatic rings. The summed E-state index contributed by atoms with van der Waals surface area (Å²) in [4.78, 5) is 21.4. The molecule has 0 amide bonds. The number of nitro groups is 1. The molecule has 0 unspecified atom stereocenters. The molecule has 6 nitrogen and oxygen atoms in total. The Kier molecular flexibility index (Phi) is 3.22. The lowest BCUT2D eigenvalue weighted by Crippen LogP contribution is -2.09. The molecule has 0 saturated heterocycles. The average molecular weight is 210 g/mol. The van der Waals surface area contributed by atoms with Gasteiger partial charge in [0, 0.05) is 13.1 Å². The minimum atomic E-state index is -0.730. The summed E-state index contributed by atoms with van der Waals surface area (Å²) in [5, 5.41) is 13.4. The molecule has 0 aromatic heterocycles. The van der Waals surface area contributed by atoms with Gasteiger partial charge in [-0.1, -0.05) is 6.07 Å². The van der Waals surface area contributed by atoms with Gasteiger partial charge < -0.3 is 10.1 Å². The van der Waals surface area contributed by atoms with Crippen LogP contribution in [0.5, 0.6) is 0 Å². The predicted molar refractivity (Wildman–Crippen MR) is 54.0 cm³/mol. The molecule has 0 radical (unpaired) electrons. The zero-order valence-corrected chi connectivity index (χ0v) is 8.31. The van der Waals surface area contributed by atoms with Gasteiger partial charge in [-0.2, -0.15) is 0 Å². The zero-order chi connectivity index (χ0) is 11.4. The number of carbonyl (C=O) groups excluding carboxylic acids is 1. The molecule has 0 aliphatic carbocycles. The van der Waals surface area contributed by atoms with Gasteiger partial charge in [0.15, 0.2) is 5.56 Å². The van der Waals surface area contributed by atoms with Crippen molar-refractivity contribution >= 4 is 17.3 Å². The summed E-state index contributed by atoms with van der Waals surface area (Å²) in [6.45, 7) is 0. The van der Waals surface area contributed by atoms with E-state index in [9.17, 15) is 14.9 Å². The van der Waals surface area contributed by atoms with Crippen LogP contribution in [-0.2, 0) is 4.74 Å². The maximum atomic E-state index is 11.4. The number of nitrogens with one attached hydrogen (secondary N) is 1. The second-order valence-corrected chi connectivity index (χ2v) is 2.70. The second kappa shape index (κ2) is 4.41. The maximum Gasteiger partial charge on any atom is 0.347 e. The van der Waals surface area contributed by atoms with Crippen LogP contribution in [0.2, 0.25) is 0 Å². The zero-order valence-electron chi connectivity index (χ0n) is 8.31. The smallest absolute Gasteiger partial charge is 0.347 e. The van der Waals surface area contributed by atoms with E-state index in [1.54, 1.807) is 13.1 Å². The Bertz CT molecular complexity index is 403. The lowest BCUT2D eigenvalue weighted by Gasteiger charge is -2.06. The van der Waals surface area contributed by atoms with Crippen molar-refractivity contribution in [3.05, 3.63) is 33.9 Å². The Morgan fingerprint density at radius 3 is 2.67 bits per heavy atom. The maximum absolute atomic E-state index is 11.4. The standard InChI is InChI=1S/C9H10N2O4/c1-10-6-4-3-5-7(11(13)14)8(6)9(12)15-2/h3-5,10H,1-2H3. The van der Waals surface area contributed by atoms with Crippen LogP contribution >= 0.6 is 0 Å². The molecule has 1 rings (SSSR count). The molecule has 0 fully saturated rings. The summed E-state index contributed by atoms with van der Waals surface area (Å²) in [6.07, 6.45) is 0. The molecule has 15 heavy (non-hydrogen) atoms. The normalized spacial score (nSPS) is 9.47. The lowest BCUT2D eigenvalue weighted by atomic mass is 10.1. The highest BCUT2D eigenvalue weighted by Crippen LogP contribution is 2.26. The van der Waals surface area contributed by atoms with Crippen molar-refractivity contribution in [3.8, 4) is 0 Å². The molecule has 0 spiro atoms. The van der Waals surface area contributed by atoms with Crippen molar-refractivity contribution in [2.75, 3.05) is 19.5 Å². The SMILES string of the molecule is CNc1cccc([N+](=O)[O-])c1C(=O)OC. The minimum Gasteiger partial charge on any atom is -0.465 e. The van der Waals surface area contributed by atoms with E-state index in [0.717, 1.165) is 0 Å². The van der Waals surface area contributed by atoms with Gasteiger partial charge in [0.2, 0.25) is 0 Å². The van der Waals surface area contributed by atoms with E-state index in [2.05, 4.69) is 10.1 Å². The molecule has 1 aromatic carbocycles. The topological polar surface area (TPSA) is 81.5 Å². The average Bonchev–Trinajstić information content (AvgIpc) is 2.26. The number of nitrogens with zero attached hydrogens (tertiary/aromatic N) is 1. The Morgan fingerprint density at radius 2 is 2.20 bits per heavy atom. The van der Waals surface area contributed by atoms with E-state index in [1.807, 2.05) is 0 Å². The number of rotatable bonds is 3. The highest BCUT2D eigenvalue weighted by molar-refractivity contribution is 5.99. The summed E-state index contributed by atoms with van der Waals surface area (Å²) in [5.41, 5.74) is 0.0391. The largest absolute Gasteiger partial charge is 0.465 e. The molecule has 0 atom stereocenters. The van der Waals surface area contributed by atoms with Crippen LogP contribution in [0.4, 0.5) is 11.4 Å². The van der Waals surface area contributed by atoms with Crippen LogP contribution < -0.4 is 5.32 Å². The third kappa shape index (κ3) is 2.04. The van der Waals surface area contributed by atoms with Gasteiger partial charge in [-0.25, -0.2) is 4.79 Å². The molecule has 6 heteroatoms. The fourth-order valence-corrected chi connectivity index (χ4v) is 1.22. The first kappa shape index (κ1) is 11.0. The van der Waals surface area contributed by atoms with E-state index >= 15 is 0 Å². The van der Waals surface area contributed by atoms with E-state index in [0.29, 0.717) is 5.69 Å². The second-order valence-electron chi connectivity index (χ2n) is 2.70. The van der Waals surface area contributed by atoms with Gasteiger partial charge in [0.1, 0.15) is 0 Å². The number of ether oxygens (including phenoxy) is 1. The fraction of sp³-hybridized carbons (Fsp3) is 0.222. The number of anilines is 1. The predicted octanol–water partition coefficient (Wildman–Crippen LogP) is 1.42. The van der Waals surface area contributed by atoms with Crippen LogP contribution in [0.15, 0.2) is 18.2 Å². The number of benzene rings is 1. The van der Waals surface area contributed by atoms with Crippen LogP contribution in [-0.4, -0.2) is 25.1 Å². The molecule has 0 aliphatic heterocycles. The Hall–Kier alpha value is -2.11. The molecule has 1 aromatic rings. The van der Waals surface area contributed by atoms with Gasteiger partial charge >= 0.3 is 5.97 Å². The quantitative estimate of drug-likeness (QED) is 0.463. The van der Waals surface area contributed by atoms with Crippen LogP contribution in [0.25, 0.3) is 0 Å². The van der Waals surface area contributed by atoms with E-state index in [4.69, 9.17) is 0 Å². The first-order chi connectivity index (χ1) is 7.11. The first-order valence-corrected chi connectivity index (χ1v) is 4.15. The van der Waals surface area contributed by atoms with Crippen LogP contribution in [0, 0.1) is 10.1 Å². The van der Waals surface area contributed by atoms with Crippen molar-refractivity contribution in [3.63, 3.8) is 0 Å². The highest BCUT2D eigenvalue weighted by Gasteiger charge is 2.23. The number of nitro benzene ring substituents is 1. The van der Waals surface area contributed by atoms with Gasteiger partial charge in [-0.05, 0) is 6.07 Å². The Morgan fingerprint density at radius 1 is 1.53 bits per heavy atom. The fourth-order valence-electron chi connectivity index (χ4n) is 1.22. The number of hydrogen-bond acceptors (Lipinski definition) is 5. The monoisotopic (exact) mass is 210 g/mol. The summed E-state index contributed by atoms with van der Waals surface area (Å²) < 4.78 is 4.49. The number of carbonyl (C=O) groups is 1. The summed E-state index contributed by atoms with van der Waals surface area (Å²) in [6, 6.07) is 4.32. The number of esters is 1. The number of hydrogen-bond donors (Lipinski definition) is 1. The summed E-state index contributed by atoms with van der Waals surface area (Å²) >= 11 is 0. The Balaban J connectivity index is 3.40. The first-order valence-electron chi connectivity index (χ1n) is 4.15. The van der Waals surface area contributed by atoms with E-state index in [1.165, 1.54) is 19.2 Å². The lowest BCUT2D eigenvalue weighted by molar-refractivity contribution is -0.385. The van der Waals surface area contributed by atoms with Gasteiger partial charge in [-0.15, -0.1) is 0 Å². The van der Waals surface area contributed by atoms with Crippen molar-refractivity contribution in [2.45, 2.75) is 0 Å². The van der Waals surface area contributed by atoms with Crippen molar-refractivity contribution in [1.29, 1.82) is 0 Å². The molecule has 0 heterocycles. The third-order valence-electron chi connectivity index (χ3n) is 1.90. The highest BCUT2D eigenvalue weighted by atomic mass is 16.6. The Labute approximate surface area is 86.0 Å². The molecular weight excluding hydrogens is 200 g/mol. The van der Waals surface area contributed by atoms with E-state index < -0.39 is 10.9 Å². The summed E-state index contributed by atoms with van der Waals surface area (Å²) in [7, 11) is 2.75. The van der Waals surface area contributed by atoms with Crippen molar-refractivity contribution in [1.82, 2.24) is 0 Å². The van der Waals surface area contributed by atoms with Crippen molar-refractivity contribution in [2.24, 2.45) is 0 Å². The molecule has 0 bridgehead atoms. The minimum absolute atomic E-state index is 0.0625. The molecular formula is C9H10N2O4. The molecule has 1 N–H and O–H groups in total.